The predicted molar refractivity (Wildman–Crippen MR) is 114 cm³/mol. The van der Waals surface area contributed by atoms with Crippen molar-refractivity contribution < 1.29 is 13.2 Å². The zero-order valence-electron chi connectivity index (χ0n) is 15.9. The molecule has 3 rings (SSSR count). The molecule has 0 aliphatic carbocycles. The fourth-order valence-electron chi connectivity index (χ4n) is 2.80. The van der Waals surface area contributed by atoms with E-state index in [0.717, 1.165) is 3.97 Å². The number of imidazole rings is 1. The maximum atomic E-state index is 13.3. The molecule has 0 aliphatic heterocycles. The van der Waals surface area contributed by atoms with Crippen LogP contribution in [0.3, 0.4) is 0 Å². The van der Waals surface area contributed by atoms with E-state index in [-0.39, 0.29) is 22.2 Å². The first kappa shape index (κ1) is 20.2. The van der Waals surface area contributed by atoms with E-state index in [9.17, 15) is 13.2 Å². The summed E-state index contributed by atoms with van der Waals surface area (Å²) in [5, 5.41) is 0. The van der Waals surface area contributed by atoms with Crippen molar-refractivity contribution in [2.45, 2.75) is 11.8 Å². The van der Waals surface area contributed by atoms with Gasteiger partial charge in [0, 0.05) is 11.1 Å². The van der Waals surface area contributed by atoms with Gasteiger partial charge in [-0.05, 0) is 19.1 Å². The number of ketones is 1. The molecule has 29 heavy (non-hydrogen) atoms. The largest absolute Gasteiger partial charge is 0.287 e. The number of hydrogen-bond donors (Lipinski definition) is 0. The number of hydrogen-bond acceptors (Lipinski definition) is 4. The van der Waals surface area contributed by atoms with Gasteiger partial charge in [-0.1, -0.05) is 79.4 Å². The van der Waals surface area contributed by atoms with Crippen LogP contribution in [0.1, 0.15) is 28.8 Å². The second-order valence-electron chi connectivity index (χ2n) is 6.12. The van der Waals surface area contributed by atoms with E-state index in [1.807, 2.05) is 6.92 Å². The molecule has 0 saturated carbocycles. The molecular weight excluding hydrogens is 384 g/mol. The lowest BCUT2D eigenvalue weighted by molar-refractivity contribution is 0.103. The van der Waals surface area contributed by atoms with Gasteiger partial charge >= 0.3 is 0 Å². The molecule has 0 bridgehead atoms. The Labute approximate surface area is 170 Å². The van der Waals surface area contributed by atoms with Crippen LogP contribution in [0.5, 0.6) is 0 Å². The summed E-state index contributed by atoms with van der Waals surface area (Å²) in [5.41, 5.74) is 1.00. The van der Waals surface area contributed by atoms with Crippen LogP contribution >= 0.6 is 0 Å². The van der Waals surface area contributed by atoms with Gasteiger partial charge in [-0.25, -0.2) is 17.4 Å². The summed E-state index contributed by atoms with van der Waals surface area (Å²) >= 11 is 0. The van der Waals surface area contributed by atoms with E-state index >= 15 is 0 Å². The highest BCUT2D eigenvalue weighted by Gasteiger charge is 2.25. The van der Waals surface area contributed by atoms with Gasteiger partial charge in [-0.2, -0.15) is 0 Å². The van der Waals surface area contributed by atoms with Crippen LogP contribution < -0.4 is 0 Å². The van der Waals surface area contributed by atoms with Crippen LogP contribution in [-0.2, 0) is 10.0 Å². The fraction of sp³-hybridized carbons (Fsp3) is 0.0435. The summed E-state index contributed by atoms with van der Waals surface area (Å²) in [5.74, 6) is -0.210. The van der Waals surface area contributed by atoms with Crippen molar-refractivity contribution in [2.24, 2.45) is 0 Å². The average Bonchev–Trinajstić information content (AvgIpc) is 3.20. The average molecular weight is 404 g/mol. The molecule has 5 nitrogen and oxygen atoms in total. The van der Waals surface area contributed by atoms with Gasteiger partial charge in [0.2, 0.25) is 5.78 Å². The summed E-state index contributed by atoms with van der Waals surface area (Å²) in [6.07, 6.45) is 7.95. The molecule has 0 saturated heterocycles. The topological polar surface area (TPSA) is 69.0 Å². The van der Waals surface area contributed by atoms with E-state index in [2.05, 4.69) is 11.6 Å². The van der Waals surface area contributed by atoms with Crippen molar-refractivity contribution in [2.75, 3.05) is 0 Å². The monoisotopic (exact) mass is 404 g/mol. The van der Waals surface area contributed by atoms with Crippen LogP contribution in [0.25, 0.3) is 5.57 Å². The van der Waals surface area contributed by atoms with Crippen molar-refractivity contribution in [3.8, 4) is 0 Å². The lowest BCUT2D eigenvalue weighted by Gasteiger charge is -2.09. The first-order valence-electron chi connectivity index (χ1n) is 8.94. The molecule has 0 spiro atoms. The molecule has 0 unspecified atom stereocenters. The van der Waals surface area contributed by atoms with Gasteiger partial charge in [0.25, 0.3) is 10.0 Å². The molecule has 0 fully saturated rings. The molecule has 0 radical (unpaired) electrons. The minimum Gasteiger partial charge on any atom is -0.287 e. The highest BCUT2D eigenvalue weighted by atomic mass is 32.2. The Hall–Kier alpha value is -3.51. The summed E-state index contributed by atoms with van der Waals surface area (Å²) < 4.78 is 27.6. The van der Waals surface area contributed by atoms with Gasteiger partial charge in [-0.15, -0.1) is 0 Å². The van der Waals surface area contributed by atoms with Gasteiger partial charge in [0.15, 0.2) is 5.82 Å². The van der Waals surface area contributed by atoms with E-state index < -0.39 is 10.0 Å². The molecule has 0 atom stereocenters. The number of carbonyl (C=O) groups excluding carboxylic acids is 1. The van der Waals surface area contributed by atoms with Gasteiger partial charge in [-0.3, -0.25) is 4.79 Å². The fourth-order valence-corrected chi connectivity index (χ4v) is 4.14. The van der Waals surface area contributed by atoms with Gasteiger partial charge < -0.3 is 0 Å². The summed E-state index contributed by atoms with van der Waals surface area (Å²) in [6.45, 7) is 5.50. The minimum atomic E-state index is -3.95. The Morgan fingerprint density at radius 3 is 2.24 bits per heavy atom. The zero-order valence-corrected chi connectivity index (χ0v) is 16.7. The SMILES string of the molecule is C=C/C=C(\C=C/C)c1nc(C(=O)c2ccccc2)cn1S(=O)(=O)c1ccccc1. The van der Waals surface area contributed by atoms with Gasteiger partial charge in [0.1, 0.15) is 5.69 Å². The Morgan fingerprint density at radius 1 is 1.03 bits per heavy atom. The van der Waals surface area contributed by atoms with Crippen molar-refractivity contribution >= 4 is 21.4 Å². The molecule has 1 aromatic heterocycles. The van der Waals surface area contributed by atoms with Gasteiger partial charge in [0.05, 0.1) is 11.1 Å². The Kier molecular flexibility index (Phi) is 6.04. The maximum Gasteiger partial charge on any atom is 0.269 e. The molecule has 6 heteroatoms. The molecule has 0 aliphatic rings. The van der Waals surface area contributed by atoms with Crippen LogP contribution in [0.15, 0.2) is 103 Å². The van der Waals surface area contributed by atoms with Crippen LogP contribution in [0.4, 0.5) is 0 Å². The van der Waals surface area contributed by atoms with Crippen LogP contribution in [0, 0.1) is 0 Å². The molecule has 0 N–H and O–H groups in total. The number of nitrogens with zero attached hydrogens (tertiary/aromatic N) is 2. The zero-order chi connectivity index (χ0) is 20.9. The minimum absolute atomic E-state index is 0.0465. The molecule has 1 heterocycles. The first-order chi connectivity index (χ1) is 14.0. The predicted octanol–water partition coefficient (Wildman–Crippen LogP) is 4.50. The second kappa shape index (κ2) is 8.67. The Balaban J connectivity index is 2.23. The number of rotatable bonds is 7. The van der Waals surface area contributed by atoms with E-state index in [1.54, 1.807) is 72.8 Å². The van der Waals surface area contributed by atoms with Crippen molar-refractivity contribution in [1.29, 1.82) is 0 Å². The third-order valence-electron chi connectivity index (χ3n) is 4.15. The van der Waals surface area contributed by atoms with Crippen molar-refractivity contribution in [1.82, 2.24) is 8.96 Å². The normalized spacial score (nSPS) is 12.2. The summed E-state index contributed by atoms with van der Waals surface area (Å²) in [6, 6.07) is 16.7. The van der Waals surface area contributed by atoms with E-state index in [1.165, 1.54) is 18.3 Å². The quantitative estimate of drug-likeness (QED) is 0.430. The third-order valence-corrected chi connectivity index (χ3v) is 5.81. The Bertz CT molecular complexity index is 1190. The van der Waals surface area contributed by atoms with E-state index in [0.29, 0.717) is 11.1 Å². The van der Waals surface area contributed by atoms with Crippen LogP contribution in [0.2, 0.25) is 0 Å². The number of benzene rings is 2. The molecule has 2 aromatic carbocycles. The molecule has 3 aromatic rings. The van der Waals surface area contributed by atoms with E-state index in [4.69, 9.17) is 0 Å². The lowest BCUT2D eigenvalue weighted by atomic mass is 10.1. The number of carbonyl (C=O) groups is 1. The first-order valence-corrected chi connectivity index (χ1v) is 10.4. The van der Waals surface area contributed by atoms with Crippen molar-refractivity contribution in [3.05, 3.63) is 115 Å². The Morgan fingerprint density at radius 2 is 1.66 bits per heavy atom. The highest BCUT2D eigenvalue weighted by Crippen LogP contribution is 2.24. The number of aromatic nitrogens is 2. The molecule has 0 amide bonds. The highest BCUT2D eigenvalue weighted by molar-refractivity contribution is 7.90. The number of allylic oxidation sites excluding steroid dienone is 5. The third kappa shape index (κ3) is 4.17. The van der Waals surface area contributed by atoms with Crippen LogP contribution in [-0.4, -0.2) is 23.2 Å². The summed E-state index contributed by atoms with van der Waals surface area (Å²) in [7, 11) is -3.95. The standard InChI is InChI=1S/C23H20N2O3S/c1-3-11-19(12-4-2)23-24-21(22(26)18-13-7-5-8-14-18)17-25(23)29(27,28)20-15-9-6-10-16-20/h3-17H,1H2,2H3/b12-4-,19-11+. The maximum absolute atomic E-state index is 13.3. The molecule has 146 valence electrons. The van der Waals surface area contributed by atoms with Crippen molar-refractivity contribution in [3.63, 3.8) is 0 Å². The summed E-state index contributed by atoms with van der Waals surface area (Å²) in [4.78, 5) is 17.4. The second-order valence-corrected chi connectivity index (χ2v) is 7.93. The smallest absolute Gasteiger partial charge is 0.269 e. The molecular formula is C23H20N2O3S. The lowest BCUT2D eigenvalue weighted by Crippen LogP contribution is -2.15.